The minimum absolute atomic E-state index is 0.129. The van der Waals surface area contributed by atoms with Gasteiger partial charge >= 0.3 is 6.03 Å². The van der Waals surface area contributed by atoms with Gasteiger partial charge in [-0.3, -0.25) is 4.79 Å². The van der Waals surface area contributed by atoms with Crippen molar-refractivity contribution >= 4 is 17.6 Å². The average Bonchev–Trinajstić information content (AvgIpc) is 2.74. The fourth-order valence-electron chi connectivity index (χ4n) is 3.18. The van der Waals surface area contributed by atoms with E-state index in [0.717, 1.165) is 12.8 Å². The molecule has 148 valence electrons. The molecule has 0 unspecified atom stereocenters. The van der Waals surface area contributed by atoms with Crippen LogP contribution in [0.25, 0.3) is 0 Å². The lowest BCUT2D eigenvalue weighted by Gasteiger charge is -2.32. The molecule has 0 saturated carbocycles. The number of likely N-dealkylation sites (tertiary alicyclic amines) is 1. The summed E-state index contributed by atoms with van der Waals surface area (Å²) < 4.78 is 18.1. The van der Waals surface area contributed by atoms with Crippen molar-refractivity contribution in [3.8, 4) is 5.75 Å². The first-order chi connectivity index (χ1) is 13.5. The summed E-state index contributed by atoms with van der Waals surface area (Å²) in [5.41, 5.74) is 1.13. The largest absolute Gasteiger partial charge is 0.497 e. The van der Waals surface area contributed by atoms with Gasteiger partial charge in [0.2, 0.25) is 0 Å². The van der Waals surface area contributed by atoms with Gasteiger partial charge in [0.25, 0.3) is 5.91 Å². The number of ether oxygens (including phenoxy) is 1. The van der Waals surface area contributed by atoms with Gasteiger partial charge in [0.15, 0.2) is 0 Å². The third-order valence-corrected chi connectivity index (χ3v) is 4.88. The first-order valence-electron chi connectivity index (χ1n) is 9.29. The quantitative estimate of drug-likeness (QED) is 0.828. The van der Waals surface area contributed by atoms with Crippen molar-refractivity contribution in [2.24, 2.45) is 5.92 Å². The summed E-state index contributed by atoms with van der Waals surface area (Å²) in [7, 11) is 1.57. The number of carbonyl (C=O) groups excluding carboxylic acids is 2. The van der Waals surface area contributed by atoms with Crippen LogP contribution >= 0.6 is 0 Å². The molecule has 1 aliphatic heterocycles. The van der Waals surface area contributed by atoms with Gasteiger partial charge in [-0.25, -0.2) is 9.18 Å². The van der Waals surface area contributed by atoms with Crippen molar-refractivity contribution in [1.82, 2.24) is 10.2 Å². The van der Waals surface area contributed by atoms with E-state index in [4.69, 9.17) is 4.74 Å². The third kappa shape index (κ3) is 5.22. The molecule has 0 aliphatic carbocycles. The summed E-state index contributed by atoms with van der Waals surface area (Å²) in [6.07, 6.45) is 1.63. The Morgan fingerprint density at radius 1 is 1.14 bits per heavy atom. The molecule has 6 nitrogen and oxygen atoms in total. The third-order valence-electron chi connectivity index (χ3n) is 4.88. The molecule has 7 heteroatoms. The topological polar surface area (TPSA) is 70.7 Å². The zero-order valence-electron chi connectivity index (χ0n) is 15.8. The van der Waals surface area contributed by atoms with Crippen molar-refractivity contribution in [3.63, 3.8) is 0 Å². The van der Waals surface area contributed by atoms with E-state index in [0.29, 0.717) is 42.6 Å². The van der Waals surface area contributed by atoms with Crippen molar-refractivity contribution in [2.75, 3.05) is 32.1 Å². The van der Waals surface area contributed by atoms with Crippen LogP contribution in [0.1, 0.15) is 23.2 Å². The van der Waals surface area contributed by atoms with Crippen molar-refractivity contribution in [1.29, 1.82) is 0 Å². The molecule has 0 bridgehead atoms. The summed E-state index contributed by atoms with van der Waals surface area (Å²) >= 11 is 0. The normalized spacial score (nSPS) is 14.4. The maximum Gasteiger partial charge on any atom is 0.321 e. The number of methoxy groups -OCH3 is 1. The number of benzene rings is 2. The molecule has 2 aromatic carbocycles. The SMILES string of the molecule is COc1cccc(C(=O)NCC2CCN(C(=O)Nc3ccc(F)cc3)CC2)c1. The summed E-state index contributed by atoms with van der Waals surface area (Å²) in [5.74, 6) is 0.503. The number of nitrogens with one attached hydrogen (secondary N) is 2. The fourth-order valence-corrected chi connectivity index (χ4v) is 3.18. The van der Waals surface area contributed by atoms with E-state index in [1.54, 1.807) is 36.3 Å². The van der Waals surface area contributed by atoms with Crippen molar-refractivity contribution in [2.45, 2.75) is 12.8 Å². The highest BCUT2D eigenvalue weighted by molar-refractivity contribution is 5.94. The molecule has 28 heavy (non-hydrogen) atoms. The molecule has 2 aromatic rings. The first kappa shape index (κ1) is 19.7. The maximum atomic E-state index is 12.9. The number of piperidine rings is 1. The van der Waals surface area contributed by atoms with Gasteiger partial charge in [0.1, 0.15) is 11.6 Å². The summed E-state index contributed by atoms with van der Waals surface area (Å²) in [5, 5.41) is 5.74. The monoisotopic (exact) mass is 385 g/mol. The van der Waals surface area contributed by atoms with E-state index in [9.17, 15) is 14.0 Å². The lowest BCUT2D eigenvalue weighted by atomic mass is 9.97. The smallest absolute Gasteiger partial charge is 0.321 e. The summed E-state index contributed by atoms with van der Waals surface area (Å²) in [6.45, 7) is 1.81. The van der Waals surface area contributed by atoms with Crippen molar-refractivity contribution < 1.29 is 18.7 Å². The molecule has 1 saturated heterocycles. The second-order valence-corrected chi connectivity index (χ2v) is 6.81. The lowest BCUT2D eigenvalue weighted by Crippen LogP contribution is -2.43. The van der Waals surface area contributed by atoms with Crippen LogP contribution in [-0.2, 0) is 0 Å². The number of halogens is 1. The van der Waals surface area contributed by atoms with Crippen LogP contribution in [0.4, 0.5) is 14.9 Å². The molecule has 0 spiro atoms. The van der Waals surface area contributed by atoms with E-state index in [1.165, 1.54) is 24.3 Å². The molecule has 3 amide bonds. The molecule has 1 fully saturated rings. The number of nitrogens with zero attached hydrogens (tertiary/aromatic N) is 1. The number of hydrogen-bond donors (Lipinski definition) is 2. The molecule has 1 heterocycles. The Hall–Kier alpha value is -3.09. The van der Waals surface area contributed by atoms with Gasteiger partial charge in [-0.2, -0.15) is 0 Å². The predicted octanol–water partition coefficient (Wildman–Crippen LogP) is 3.51. The zero-order chi connectivity index (χ0) is 19.9. The van der Waals surface area contributed by atoms with Crippen LogP contribution in [0.15, 0.2) is 48.5 Å². The molecular weight excluding hydrogens is 361 g/mol. The molecule has 1 aliphatic rings. The fraction of sp³-hybridized carbons (Fsp3) is 0.333. The lowest BCUT2D eigenvalue weighted by molar-refractivity contribution is 0.0938. The Labute approximate surface area is 163 Å². The molecular formula is C21H24FN3O3. The van der Waals surface area contributed by atoms with Crippen LogP contribution < -0.4 is 15.4 Å². The predicted molar refractivity (Wildman–Crippen MR) is 105 cm³/mol. The summed E-state index contributed by atoms with van der Waals surface area (Å²) in [4.78, 5) is 26.3. The second kappa shape index (κ2) is 9.21. The van der Waals surface area contributed by atoms with Gasteiger partial charge in [-0.1, -0.05) is 6.07 Å². The average molecular weight is 385 g/mol. The van der Waals surface area contributed by atoms with E-state index in [-0.39, 0.29) is 17.8 Å². The Morgan fingerprint density at radius 2 is 1.86 bits per heavy atom. The number of amides is 3. The Morgan fingerprint density at radius 3 is 2.54 bits per heavy atom. The van der Waals surface area contributed by atoms with E-state index < -0.39 is 0 Å². The highest BCUT2D eigenvalue weighted by Gasteiger charge is 2.23. The number of rotatable bonds is 5. The van der Waals surface area contributed by atoms with Gasteiger partial charge < -0.3 is 20.3 Å². The van der Waals surface area contributed by atoms with Gasteiger partial charge in [-0.05, 0) is 61.2 Å². The molecule has 0 aromatic heterocycles. The molecule has 3 rings (SSSR count). The van der Waals surface area contributed by atoms with Crippen LogP contribution in [0, 0.1) is 11.7 Å². The van der Waals surface area contributed by atoms with Gasteiger partial charge in [0.05, 0.1) is 7.11 Å². The van der Waals surface area contributed by atoms with E-state index >= 15 is 0 Å². The number of carbonyl (C=O) groups is 2. The number of hydrogen-bond acceptors (Lipinski definition) is 3. The van der Waals surface area contributed by atoms with Gasteiger partial charge in [-0.15, -0.1) is 0 Å². The number of urea groups is 1. The first-order valence-corrected chi connectivity index (χ1v) is 9.29. The number of anilines is 1. The minimum atomic E-state index is -0.338. The minimum Gasteiger partial charge on any atom is -0.497 e. The Balaban J connectivity index is 1.42. The Kier molecular flexibility index (Phi) is 6.47. The second-order valence-electron chi connectivity index (χ2n) is 6.81. The van der Waals surface area contributed by atoms with Crippen LogP contribution in [0.2, 0.25) is 0 Å². The summed E-state index contributed by atoms with van der Waals surface area (Å²) in [6, 6.07) is 12.5. The standard InChI is InChI=1S/C21H24FN3O3/c1-28-19-4-2-3-16(13-19)20(26)23-14-15-9-11-25(12-10-15)21(27)24-18-7-5-17(22)6-8-18/h2-8,13,15H,9-12,14H2,1H3,(H,23,26)(H,24,27). The van der Waals surface area contributed by atoms with E-state index in [2.05, 4.69) is 10.6 Å². The maximum absolute atomic E-state index is 12.9. The van der Waals surface area contributed by atoms with Crippen LogP contribution in [0.5, 0.6) is 5.75 Å². The van der Waals surface area contributed by atoms with E-state index in [1.807, 2.05) is 0 Å². The highest BCUT2D eigenvalue weighted by Crippen LogP contribution is 2.18. The zero-order valence-corrected chi connectivity index (χ0v) is 15.8. The molecule has 0 radical (unpaired) electrons. The Bertz CT molecular complexity index is 818. The molecule has 0 atom stereocenters. The van der Waals surface area contributed by atoms with Crippen LogP contribution in [-0.4, -0.2) is 43.6 Å². The van der Waals surface area contributed by atoms with Crippen molar-refractivity contribution in [3.05, 3.63) is 59.9 Å². The van der Waals surface area contributed by atoms with Gasteiger partial charge in [0, 0.05) is 30.9 Å². The van der Waals surface area contributed by atoms with Crippen LogP contribution in [0.3, 0.4) is 0 Å². The highest BCUT2D eigenvalue weighted by atomic mass is 19.1. The molecule has 2 N–H and O–H groups in total.